The van der Waals surface area contributed by atoms with Crippen LogP contribution in [0.5, 0.6) is 0 Å². The third-order valence-electron chi connectivity index (χ3n) is 1.57. The van der Waals surface area contributed by atoms with Crippen molar-refractivity contribution in [1.82, 2.24) is 0 Å². The second-order valence-electron chi connectivity index (χ2n) is 2.35. The van der Waals surface area contributed by atoms with Crippen molar-refractivity contribution in [3.05, 3.63) is 35.0 Å². The molecule has 4 heteroatoms. The van der Waals surface area contributed by atoms with Gasteiger partial charge in [-0.3, -0.25) is 0 Å². The van der Waals surface area contributed by atoms with Crippen molar-refractivity contribution in [2.45, 2.75) is 0 Å². The number of fused-ring (bicyclic) bond motifs is 1. The van der Waals surface area contributed by atoms with Gasteiger partial charge in [-0.25, -0.2) is 13.2 Å². The molecule has 62 valence electrons. The highest BCUT2D eigenvalue weighted by atomic mass is 32.1. The van der Waals surface area contributed by atoms with Crippen LogP contribution < -0.4 is 0 Å². The van der Waals surface area contributed by atoms with Gasteiger partial charge in [0.05, 0.1) is 0 Å². The molecular formula is C8H3F3S. The highest BCUT2D eigenvalue weighted by molar-refractivity contribution is 7.17. The van der Waals surface area contributed by atoms with Gasteiger partial charge in [0.2, 0.25) is 0 Å². The number of rotatable bonds is 0. The smallest absolute Gasteiger partial charge is 0.160 e. The van der Waals surface area contributed by atoms with Crippen molar-refractivity contribution < 1.29 is 13.2 Å². The molecule has 0 spiro atoms. The Morgan fingerprint density at radius 3 is 2.33 bits per heavy atom. The summed E-state index contributed by atoms with van der Waals surface area (Å²) in [6.45, 7) is 0. The average molecular weight is 188 g/mol. The molecule has 0 fully saturated rings. The van der Waals surface area contributed by atoms with Gasteiger partial charge in [0.1, 0.15) is 5.82 Å². The molecule has 0 atom stereocenters. The Bertz CT molecular complexity index is 433. The third-order valence-corrected chi connectivity index (χ3v) is 2.49. The SMILES string of the molecule is Fc1cc2scc(F)c2cc1F. The van der Waals surface area contributed by atoms with E-state index in [1.807, 2.05) is 0 Å². The van der Waals surface area contributed by atoms with Crippen molar-refractivity contribution in [2.24, 2.45) is 0 Å². The molecule has 0 amide bonds. The van der Waals surface area contributed by atoms with E-state index < -0.39 is 17.5 Å². The van der Waals surface area contributed by atoms with Crippen molar-refractivity contribution in [3.8, 4) is 0 Å². The number of benzene rings is 1. The fourth-order valence-corrected chi connectivity index (χ4v) is 1.80. The van der Waals surface area contributed by atoms with Crippen LogP contribution in [-0.2, 0) is 0 Å². The molecule has 0 saturated heterocycles. The summed E-state index contributed by atoms with van der Waals surface area (Å²) in [6, 6.07) is 1.87. The van der Waals surface area contributed by atoms with Gasteiger partial charge >= 0.3 is 0 Å². The van der Waals surface area contributed by atoms with Gasteiger partial charge in [-0.2, -0.15) is 0 Å². The van der Waals surface area contributed by atoms with Crippen LogP contribution in [0.3, 0.4) is 0 Å². The minimum Gasteiger partial charge on any atom is -0.205 e. The molecule has 0 aliphatic rings. The first-order valence-corrected chi connectivity index (χ1v) is 4.08. The molecular weight excluding hydrogens is 185 g/mol. The Kier molecular flexibility index (Phi) is 1.58. The van der Waals surface area contributed by atoms with E-state index in [-0.39, 0.29) is 5.39 Å². The van der Waals surface area contributed by atoms with Crippen LogP contribution in [0.15, 0.2) is 17.5 Å². The molecule has 2 rings (SSSR count). The molecule has 0 nitrogen and oxygen atoms in total. The van der Waals surface area contributed by atoms with Gasteiger partial charge in [0.15, 0.2) is 11.6 Å². The molecule has 0 N–H and O–H groups in total. The zero-order chi connectivity index (χ0) is 8.72. The molecule has 1 heterocycles. The maximum absolute atomic E-state index is 12.8. The maximum atomic E-state index is 12.8. The quantitative estimate of drug-likeness (QED) is 0.595. The monoisotopic (exact) mass is 188 g/mol. The van der Waals surface area contributed by atoms with Crippen molar-refractivity contribution in [2.75, 3.05) is 0 Å². The van der Waals surface area contributed by atoms with Crippen LogP contribution >= 0.6 is 11.3 Å². The van der Waals surface area contributed by atoms with Gasteiger partial charge < -0.3 is 0 Å². The maximum Gasteiger partial charge on any atom is 0.160 e. The molecule has 0 aliphatic heterocycles. The van der Waals surface area contributed by atoms with E-state index >= 15 is 0 Å². The standard InChI is InChI=1S/C8H3F3S/c9-5-1-4-7(11)3-12-8(4)2-6(5)10/h1-3H. The van der Waals surface area contributed by atoms with E-state index in [2.05, 4.69) is 0 Å². The van der Waals surface area contributed by atoms with Crippen LogP contribution in [0.25, 0.3) is 10.1 Å². The largest absolute Gasteiger partial charge is 0.205 e. The predicted molar refractivity (Wildman–Crippen MR) is 41.7 cm³/mol. The van der Waals surface area contributed by atoms with Gasteiger partial charge in [-0.1, -0.05) is 0 Å². The van der Waals surface area contributed by atoms with Crippen molar-refractivity contribution >= 4 is 21.4 Å². The summed E-state index contributed by atoms with van der Waals surface area (Å²) in [5.74, 6) is -2.46. The molecule has 0 bridgehead atoms. The van der Waals surface area contributed by atoms with Crippen LogP contribution in [0.1, 0.15) is 0 Å². The van der Waals surface area contributed by atoms with Crippen molar-refractivity contribution in [1.29, 1.82) is 0 Å². The highest BCUT2D eigenvalue weighted by Crippen LogP contribution is 2.26. The Labute approximate surface area is 70.3 Å². The van der Waals surface area contributed by atoms with Gasteiger partial charge in [-0.05, 0) is 12.1 Å². The molecule has 12 heavy (non-hydrogen) atoms. The number of hydrogen-bond donors (Lipinski definition) is 0. The van der Waals surface area contributed by atoms with E-state index in [9.17, 15) is 13.2 Å². The van der Waals surface area contributed by atoms with Crippen LogP contribution in [0.2, 0.25) is 0 Å². The number of halogens is 3. The first kappa shape index (κ1) is 7.61. The summed E-state index contributed by atoms with van der Waals surface area (Å²) in [5, 5.41) is 1.36. The topological polar surface area (TPSA) is 0 Å². The normalized spacial score (nSPS) is 10.9. The van der Waals surface area contributed by atoms with Gasteiger partial charge in [0, 0.05) is 15.5 Å². The molecule has 0 saturated carbocycles. The molecule has 2 aromatic rings. The Balaban J connectivity index is 2.87. The summed E-state index contributed by atoms with van der Waals surface area (Å²) in [5.41, 5.74) is 0. The minimum absolute atomic E-state index is 0.138. The lowest BCUT2D eigenvalue weighted by atomic mass is 10.2. The summed E-state index contributed by atoms with van der Waals surface area (Å²) >= 11 is 1.06. The zero-order valence-electron chi connectivity index (χ0n) is 5.77. The predicted octanol–water partition coefficient (Wildman–Crippen LogP) is 3.32. The van der Waals surface area contributed by atoms with E-state index in [1.165, 1.54) is 5.38 Å². The summed E-state index contributed by atoms with van der Waals surface area (Å²) in [7, 11) is 0. The van der Waals surface area contributed by atoms with E-state index in [0.717, 1.165) is 23.5 Å². The first-order valence-electron chi connectivity index (χ1n) is 3.20. The Morgan fingerprint density at radius 2 is 1.58 bits per heavy atom. The lowest BCUT2D eigenvalue weighted by molar-refractivity contribution is 0.510. The fourth-order valence-electron chi connectivity index (χ4n) is 0.991. The zero-order valence-corrected chi connectivity index (χ0v) is 6.59. The summed E-state index contributed by atoms with van der Waals surface area (Å²) < 4.78 is 38.3. The second kappa shape index (κ2) is 2.48. The van der Waals surface area contributed by atoms with Gasteiger partial charge in [0.25, 0.3) is 0 Å². The third kappa shape index (κ3) is 0.992. The average Bonchev–Trinajstić information content (AvgIpc) is 2.35. The van der Waals surface area contributed by atoms with E-state index in [0.29, 0.717) is 4.70 Å². The first-order chi connectivity index (χ1) is 5.68. The lowest BCUT2D eigenvalue weighted by Gasteiger charge is -1.92. The second-order valence-corrected chi connectivity index (χ2v) is 3.26. The van der Waals surface area contributed by atoms with Gasteiger partial charge in [-0.15, -0.1) is 11.3 Å². The Morgan fingerprint density at radius 1 is 0.917 bits per heavy atom. The molecule has 0 unspecified atom stereocenters. The van der Waals surface area contributed by atoms with E-state index in [4.69, 9.17) is 0 Å². The lowest BCUT2D eigenvalue weighted by Crippen LogP contribution is -1.81. The summed E-state index contributed by atoms with van der Waals surface area (Å²) in [6.07, 6.45) is 0. The fraction of sp³-hybridized carbons (Fsp3) is 0. The number of thiophene rings is 1. The van der Waals surface area contributed by atoms with E-state index in [1.54, 1.807) is 0 Å². The molecule has 1 aromatic carbocycles. The van der Waals surface area contributed by atoms with Crippen LogP contribution in [-0.4, -0.2) is 0 Å². The van der Waals surface area contributed by atoms with Crippen LogP contribution in [0.4, 0.5) is 13.2 Å². The summed E-state index contributed by atoms with van der Waals surface area (Å²) in [4.78, 5) is 0. The molecule has 1 aromatic heterocycles. The van der Waals surface area contributed by atoms with Crippen LogP contribution in [0, 0.1) is 17.5 Å². The molecule has 0 radical (unpaired) electrons. The molecule has 0 aliphatic carbocycles. The highest BCUT2D eigenvalue weighted by Gasteiger charge is 2.08. The minimum atomic E-state index is -1.01. The van der Waals surface area contributed by atoms with Crippen molar-refractivity contribution in [3.63, 3.8) is 0 Å². The Hall–Kier alpha value is -1.03. The number of hydrogen-bond acceptors (Lipinski definition) is 1.